The molecule has 0 spiro atoms. The van der Waals surface area contributed by atoms with E-state index in [1.807, 2.05) is 13.0 Å². The Labute approximate surface area is 96.9 Å². The first-order valence-electron chi connectivity index (χ1n) is 5.82. The third-order valence-corrected chi connectivity index (χ3v) is 3.27. The van der Waals surface area contributed by atoms with Crippen molar-refractivity contribution in [2.24, 2.45) is 5.73 Å². The molecule has 2 rings (SSSR count). The molecule has 1 heterocycles. The van der Waals surface area contributed by atoms with Crippen LogP contribution in [0.4, 0.5) is 0 Å². The lowest BCUT2D eigenvalue weighted by atomic mass is 9.94. The van der Waals surface area contributed by atoms with E-state index in [-0.39, 0.29) is 6.04 Å². The van der Waals surface area contributed by atoms with Crippen LogP contribution < -0.4 is 5.73 Å². The Morgan fingerprint density at radius 1 is 1.38 bits per heavy atom. The van der Waals surface area contributed by atoms with Gasteiger partial charge in [-0.3, -0.25) is 0 Å². The molecule has 3 nitrogen and oxygen atoms in total. The molecule has 1 aromatic rings. The maximum absolute atomic E-state index is 9.92. The molecule has 2 unspecified atom stereocenters. The standard InChI is InChI=1S/C13H20N2O/c1-9(14)13(16)11-3-4-12-8-15(2)6-5-10(12)7-11/h3-4,7,9,13,16H,5-6,8,14H2,1-2H3. The SMILES string of the molecule is CC(N)C(O)c1ccc2c(c1)CCN(C)C2. The minimum atomic E-state index is -0.551. The highest BCUT2D eigenvalue weighted by Crippen LogP contribution is 2.23. The summed E-state index contributed by atoms with van der Waals surface area (Å²) < 4.78 is 0. The van der Waals surface area contributed by atoms with Crippen LogP contribution in [-0.4, -0.2) is 29.6 Å². The molecule has 0 aromatic heterocycles. The normalized spacial score (nSPS) is 20.2. The van der Waals surface area contributed by atoms with E-state index in [2.05, 4.69) is 24.1 Å². The number of hydrogen-bond donors (Lipinski definition) is 2. The lowest BCUT2D eigenvalue weighted by Crippen LogP contribution is -2.28. The summed E-state index contributed by atoms with van der Waals surface area (Å²) in [4.78, 5) is 2.31. The van der Waals surface area contributed by atoms with Crippen molar-refractivity contribution in [3.63, 3.8) is 0 Å². The maximum atomic E-state index is 9.92. The lowest BCUT2D eigenvalue weighted by molar-refractivity contribution is 0.153. The summed E-state index contributed by atoms with van der Waals surface area (Å²) >= 11 is 0. The Balaban J connectivity index is 2.26. The van der Waals surface area contributed by atoms with E-state index in [1.54, 1.807) is 0 Å². The highest BCUT2D eigenvalue weighted by molar-refractivity contribution is 5.35. The first-order chi connectivity index (χ1) is 7.58. The fraction of sp³-hybridized carbons (Fsp3) is 0.538. The Morgan fingerprint density at radius 2 is 2.12 bits per heavy atom. The molecule has 3 heteroatoms. The van der Waals surface area contributed by atoms with E-state index >= 15 is 0 Å². The van der Waals surface area contributed by atoms with Crippen LogP contribution in [0.5, 0.6) is 0 Å². The second-order valence-corrected chi connectivity index (χ2v) is 4.82. The summed E-state index contributed by atoms with van der Waals surface area (Å²) in [5.41, 5.74) is 9.38. The van der Waals surface area contributed by atoms with Crippen LogP contribution in [0.25, 0.3) is 0 Å². The quantitative estimate of drug-likeness (QED) is 0.783. The number of benzene rings is 1. The Bertz CT molecular complexity index is 376. The van der Waals surface area contributed by atoms with Gasteiger partial charge in [0, 0.05) is 19.1 Å². The van der Waals surface area contributed by atoms with E-state index in [9.17, 15) is 5.11 Å². The van der Waals surface area contributed by atoms with Gasteiger partial charge in [0.05, 0.1) is 6.10 Å². The van der Waals surface area contributed by atoms with E-state index in [0.717, 1.165) is 25.1 Å². The molecule has 16 heavy (non-hydrogen) atoms. The van der Waals surface area contributed by atoms with Gasteiger partial charge in [0.15, 0.2) is 0 Å². The Kier molecular flexibility index (Phi) is 3.28. The van der Waals surface area contributed by atoms with Crippen LogP contribution in [0.3, 0.4) is 0 Å². The molecular formula is C13H20N2O. The van der Waals surface area contributed by atoms with Crippen molar-refractivity contribution in [2.45, 2.75) is 32.0 Å². The van der Waals surface area contributed by atoms with Gasteiger partial charge in [-0.25, -0.2) is 0 Å². The smallest absolute Gasteiger partial charge is 0.0938 e. The molecule has 0 fully saturated rings. The second-order valence-electron chi connectivity index (χ2n) is 4.82. The third kappa shape index (κ3) is 2.26. The Morgan fingerprint density at radius 3 is 2.81 bits per heavy atom. The molecule has 1 aliphatic rings. The topological polar surface area (TPSA) is 49.5 Å². The minimum Gasteiger partial charge on any atom is -0.387 e. The molecule has 0 radical (unpaired) electrons. The van der Waals surface area contributed by atoms with E-state index in [0.29, 0.717) is 0 Å². The zero-order valence-corrected chi connectivity index (χ0v) is 9.98. The summed E-state index contributed by atoms with van der Waals surface area (Å²) in [7, 11) is 2.13. The number of nitrogens with two attached hydrogens (primary N) is 1. The van der Waals surface area contributed by atoms with E-state index < -0.39 is 6.10 Å². The van der Waals surface area contributed by atoms with Crippen molar-refractivity contribution in [2.75, 3.05) is 13.6 Å². The summed E-state index contributed by atoms with van der Waals surface area (Å²) in [5.74, 6) is 0. The van der Waals surface area contributed by atoms with Gasteiger partial charge < -0.3 is 15.7 Å². The molecule has 0 amide bonds. The molecule has 88 valence electrons. The maximum Gasteiger partial charge on any atom is 0.0938 e. The third-order valence-electron chi connectivity index (χ3n) is 3.27. The summed E-state index contributed by atoms with van der Waals surface area (Å²) in [6, 6.07) is 6.00. The fourth-order valence-electron chi connectivity index (χ4n) is 2.20. The van der Waals surface area contributed by atoms with Gasteiger partial charge in [0.2, 0.25) is 0 Å². The number of nitrogens with zero attached hydrogens (tertiary/aromatic N) is 1. The van der Waals surface area contributed by atoms with Crippen molar-refractivity contribution >= 4 is 0 Å². The van der Waals surface area contributed by atoms with Crippen molar-refractivity contribution in [1.82, 2.24) is 4.90 Å². The number of aliphatic hydroxyl groups excluding tert-OH is 1. The number of hydrogen-bond acceptors (Lipinski definition) is 3. The molecule has 2 atom stereocenters. The van der Waals surface area contributed by atoms with Crippen molar-refractivity contribution in [1.29, 1.82) is 0 Å². The Hall–Kier alpha value is -0.900. The zero-order valence-electron chi connectivity index (χ0n) is 9.98. The molecule has 0 saturated heterocycles. The average molecular weight is 220 g/mol. The van der Waals surface area contributed by atoms with E-state index in [1.165, 1.54) is 11.1 Å². The predicted octanol–water partition coefficient (Wildman–Crippen LogP) is 1.06. The molecule has 1 aliphatic heterocycles. The van der Waals surface area contributed by atoms with Gasteiger partial charge in [-0.2, -0.15) is 0 Å². The summed E-state index contributed by atoms with van der Waals surface area (Å²) in [6.45, 7) is 3.92. The van der Waals surface area contributed by atoms with Crippen molar-refractivity contribution in [3.8, 4) is 0 Å². The zero-order chi connectivity index (χ0) is 11.7. The van der Waals surface area contributed by atoms with Gasteiger partial charge >= 0.3 is 0 Å². The van der Waals surface area contributed by atoms with Gasteiger partial charge in [-0.05, 0) is 37.1 Å². The molecular weight excluding hydrogens is 200 g/mol. The number of likely N-dealkylation sites (N-methyl/N-ethyl adjacent to an activating group) is 1. The highest BCUT2D eigenvalue weighted by Gasteiger charge is 2.17. The van der Waals surface area contributed by atoms with Gasteiger partial charge in [0.1, 0.15) is 0 Å². The van der Waals surface area contributed by atoms with Crippen LogP contribution in [0.15, 0.2) is 18.2 Å². The van der Waals surface area contributed by atoms with Gasteiger partial charge in [0.25, 0.3) is 0 Å². The van der Waals surface area contributed by atoms with Gasteiger partial charge in [-0.15, -0.1) is 0 Å². The van der Waals surface area contributed by atoms with Crippen LogP contribution in [0, 0.1) is 0 Å². The number of fused-ring (bicyclic) bond motifs is 1. The summed E-state index contributed by atoms with van der Waals surface area (Å²) in [5, 5.41) is 9.92. The average Bonchev–Trinajstić information content (AvgIpc) is 2.27. The first-order valence-corrected chi connectivity index (χ1v) is 5.82. The minimum absolute atomic E-state index is 0.218. The highest BCUT2D eigenvalue weighted by atomic mass is 16.3. The molecule has 0 aliphatic carbocycles. The van der Waals surface area contributed by atoms with E-state index in [4.69, 9.17) is 5.73 Å². The lowest BCUT2D eigenvalue weighted by Gasteiger charge is -2.26. The molecule has 0 saturated carbocycles. The molecule has 3 N–H and O–H groups in total. The van der Waals surface area contributed by atoms with Crippen molar-refractivity contribution < 1.29 is 5.11 Å². The predicted molar refractivity (Wildman–Crippen MR) is 65.1 cm³/mol. The first kappa shape index (κ1) is 11.6. The fourth-order valence-corrected chi connectivity index (χ4v) is 2.20. The largest absolute Gasteiger partial charge is 0.387 e. The number of aliphatic hydroxyl groups is 1. The van der Waals surface area contributed by atoms with Crippen LogP contribution >= 0.6 is 0 Å². The van der Waals surface area contributed by atoms with Crippen LogP contribution in [0.2, 0.25) is 0 Å². The summed E-state index contributed by atoms with van der Waals surface area (Å²) in [6.07, 6.45) is 0.510. The molecule has 0 bridgehead atoms. The number of rotatable bonds is 2. The van der Waals surface area contributed by atoms with Crippen molar-refractivity contribution in [3.05, 3.63) is 34.9 Å². The van der Waals surface area contributed by atoms with Crippen LogP contribution in [0.1, 0.15) is 29.7 Å². The second kappa shape index (κ2) is 4.53. The molecule has 1 aromatic carbocycles. The van der Waals surface area contributed by atoms with Crippen LogP contribution in [-0.2, 0) is 13.0 Å². The monoisotopic (exact) mass is 220 g/mol. The van der Waals surface area contributed by atoms with Gasteiger partial charge in [-0.1, -0.05) is 18.2 Å².